The second-order valence-electron chi connectivity index (χ2n) is 3.70. The Kier molecular flexibility index (Phi) is 4.66. The van der Waals surface area contributed by atoms with Crippen molar-refractivity contribution in [2.45, 2.75) is 43.9 Å². The van der Waals surface area contributed by atoms with Crippen molar-refractivity contribution in [3.63, 3.8) is 0 Å². The molecule has 3 unspecified atom stereocenters. The zero-order valence-electron chi connectivity index (χ0n) is 7.82. The monoisotopic (exact) mass is 189 g/mol. The molecular weight excluding hydrogens is 170 g/mol. The zero-order valence-corrected chi connectivity index (χ0v) is 7.82. The third kappa shape index (κ3) is 3.60. The number of rotatable bonds is 4. The number of aliphatic hydroxyl groups excluding tert-OH is 3. The van der Waals surface area contributed by atoms with E-state index in [1.54, 1.807) is 0 Å². The van der Waals surface area contributed by atoms with Gasteiger partial charge in [-0.05, 0) is 12.8 Å². The van der Waals surface area contributed by atoms with Gasteiger partial charge >= 0.3 is 0 Å². The molecule has 0 heterocycles. The van der Waals surface area contributed by atoms with Gasteiger partial charge in [-0.3, -0.25) is 0 Å². The molecule has 0 aromatic carbocycles. The fourth-order valence-electron chi connectivity index (χ4n) is 1.70. The Morgan fingerprint density at radius 2 is 2.00 bits per heavy atom. The summed E-state index contributed by atoms with van der Waals surface area (Å²) in [5.41, 5.74) is 0. The van der Waals surface area contributed by atoms with E-state index in [1.165, 1.54) is 0 Å². The Bertz CT molecular complexity index is 143. The van der Waals surface area contributed by atoms with Gasteiger partial charge < -0.3 is 20.6 Å². The lowest BCUT2D eigenvalue weighted by molar-refractivity contribution is 0.0626. The van der Waals surface area contributed by atoms with Gasteiger partial charge in [0.25, 0.3) is 0 Å². The standard InChI is InChI=1S/C9H19NO3/c11-6-7(12)5-10-8-3-1-2-4-9(8)13/h7-13H,1-6H2. The predicted molar refractivity (Wildman–Crippen MR) is 49.4 cm³/mol. The Balaban J connectivity index is 2.18. The Labute approximate surface area is 78.6 Å². The van der Waals surface area contributed by atoms with Crippen LogP contribution in [-0.4, -0.2) is 46.7 Å². The highest BCUT2D eigenvalue weighted by atomic mass is 16.3. The highest BCUT2D eigenvalue weighted by molar-refractivity contribution is 4.80. The van der Waals surface area contributed by atoms with Crippen molar-refractivity contribution in [3.8, 4) is 0 Å². The van der Waals surface area contributed by atoms with Crippen LogP contribution in [0.4, 0.5) is 0 Å². The number of hydrogen-bond donors (Lipinski definition) is 4. The van der Waals surface area contributed by atoms with Crippen LogP contribution in [0.3, 0.4) is 0 Å². The van der Waals surface area contributed by atoms with E-state index in [-0.39, 0.29) is 18.8 Å². The summed E-state index contributed by atoms with van der Waals surface area (Å²) in [5.74, 6) is 0. The first kappa shape index (κ1) is 10.9. The second kappa shape index (κ2) is 5.54. The topological polar surface area (TPSA) is 72.7 Å². The van der Waals surface area contributed by atoms with Gasteiger partial charge in [0.15, 0.2) is 0 Å². The van der Waals surface area contributed by atoms with Gasteiger partial charge in [-0.25, -0.2) is 0 Å². The van der Waals surface area contributed by atoms with E-state index >= 15 is 0 Å². The predicted octanol–water partition coefficient (Wildman–Crippen LogP) is -0.767. The maximum absolute atomic E-state index is 9.55. The minimum Gasteiger partial charge on any atom is -0.394 e. The maximum atomic E-state index is 9.55. The minimum absolute atomic E-state index is 0.0925. The average Bonchev–Trinajstić information content (AvgIpc) is 2.16. The molecule has 1 saturated carbocycles. The van der Waals surface area contributed by atoms with Crippen LogP contribution in [-0.2, 0) is 0 Å². The molecule has 1 fully saturated rings. The van der Waals surface area contributed by atoms with Crippen LogP contribution >= 0.6 is 0 Å². The smallest absolute Gasteiger partial charge is 0.0895 e. The first-order valence-corrected chi connectivity index (χ1v) is 4.94. The van der Waals surface area contributed by atoms with E-state index in [0.717, 1.165) is 25.7 Å². The van der Waals surface area contributed by atoms with Crippen molar-refractivity contribution in [3.05, 3.63) is 0 Å². The second-order valence-corrected chi connectivity index (χ2v) is 3.70. The molecule has 4 nitrogen and oxygen atoms in total. The normalized spacial score (nSPS) is 31.6. The zero-order chi connectivity index (χ0) is 9.68. The first-order valence-electron chi connectivity index (χ1n) is 4.94. The summed E-state index contributed by atoms with van der Waals surface area (Å²) in [6.45, 7) is 0.133. The largest absolute Gasteiger partial charge is 0.394 e. The van der Waals surface area contributed by atoms with Crippen molar-refractivity contribution >= 4 is 0 Å². The molecule has 0 aromatic heterocycles. The van der Waals surface area contributed by atoms with Crippen molar-refractivity contribution < 1.29 is 15.3 Å². The molecule has 0 spiro atoms. The van der Waals surface area contributed by atoms with Crippen molar-refractivity contribution in [2.75, 3.05) is 13.2 Å². The lowest BCUT2D eigenvalue weighted by atomic mass is 9.92. The first-order chi connectivity index (χ1) is 6.24. The van der Waals surface area contributed by atoms with E-state index in [4.69, 9.17) is 10.2 Å². The SMILES string of the molecule is OCC(O)CNC1CCCCC1O. The summed E-state index contributed by atoms with van der Waals surface area (Å²) in [4.78, 5) is 0. The molecule has 0 radical (unpaired) electrons. The van der Waals surface area contributed by atoms with Crippen molar-refractivity contribution in [2.24, 2.45) is 0 Å². The van der Waals surface area contributed by atoms with E-state index in [1.807, 2.05) is 0 Å². The van der Waals surface area contributed by atoms with Crippen LogP contribution in [0.15, 0.2) is 0 Å². The molecule has 1 rings (SSSR count). The third-order valence-corrected chi connectivity index (χ3v) is 2.56. The summed E-state index contributed by atoms with van der Waals surface area (Å²) in [7, 11) is 0. The highest BCUT2D eigenvalue weighted by Crippen LogP contribution is 2.18. The van der Waals surface area contributed by atoms with Crippen LogP contribution < -0.4 is 5.32 Å². The molecule has 0 aliphatic heterocycles. The van der Waals surface area contributed by atoms with Gasteiger partial charge in [-0.2, -0.15) is 0 Å². The quantitative estimate of drug-likeness (QED) is 0.469. The lowest BCUT2D eigenvalue weighted by Crippen LogP contribution is -2.45. The molecule has 0 aromatic rings. The summed E-state index contributed by atoms with van der Waals surface area (Å²) in [6.07, 6.45) is 3.01. The average molecular weight is 189 g/mol. The van der Waals surface area contributed by atoms with Crippen LogP contribution in [0.25, 0.3) is 0 Å². The third-order valence-electron chi connectivity index (χ3n) is 2.56. The molecule has 3 atom stereocenters. The summed E-state index contributed by atoms with van der Waals surface area (Å²) in [6, 6.07) is 0.0925. The van der Waals surface area contributed by atoms with Crippen LogP contribution in [0.2, 0.25) is 0 Å². The molecular formula is C9H19NO3. The van der Waals surface area contributed by atoms with Crippen LogP contribution in [0.5, 0.6) is 0 Å². The maximum Gasteiger partial charge on any atom is 0.0895 e. The Morgan fingerprint density at radius 3 is 2.62 bits per heavy atom. The molecule has 0 bridgehead atoms. The van der Waals surface area contributed by atoms with Crippen molar-refractivity contribution in [1.82, 2.24) is 5.32 Å². The fourth-order valence-corrected chi connectivity index (χ4v) is 1.70. The fraction of sp³-hybridized carbons (Fsp3) is 1.00. The molecule has 0 saturated heterocycles. The Hall–Kier alpha value is -0.160. The van der Waals surface area contributed by atoms with E-state index in [9.17, 15) is 5.11 Å². The number of hydrogen-bond acceptors (Lipinski definition) is 4. The molecule has 4 N–H and O–H groups in total. The van der Waals surface area contributed by atoms with E-state index in [0.29, 0.717) is 6.54 Å². The molecule has 0 amide bonds. The van der Waals surface area contributed by atoms with Gasteiger partial charge in [-0.1, -0.05) is 12.8 Å². The molecule has 1 aliphatic rings. The van der Waals surface area contributed by atoms with Crippen LogP contribution in [0, 0.1) is 0 Å². The summed E-state index contributed by atoms with van der Waals surface area (Å²) < 4.78 is 0. The molecule has 1 aliphatic carbocycles. The molecule has 78 valence electrons. The summed E-state index contributed by atoms with van der Waals surface area (Å²) in [5, 5.41) is 30.3. The van der Waals surface area contributed by atoms with E-state index < -0.39 is 6.10 Å². The van der Waals surface area contributed by atoms with Crippen molar-refractivity contribution in [1.29, 1.82) is 0 Å². The Morgan fingerprint density at radius 1 is 1.31 bits per heavy atom. The van der Waals surface area contributed by atoms with Gasteiger partial charge in [-0.15, -0.1) is 0 Å². The van der Waals surface area contributed by atoms with Gasteiger partial charge in [0.1, 0.15) is 0 Å². The summed E-state index contributed by atoms with van der Waals surface area (Å²) >= 11 is 0. The molecule has 4 heteroatoms. The van der Waals surface area contributed by atoms with Gasteiger partial charge in [0, 0.05) is 12.6 Å². The number of nitrogens with one attached hydrogen (secondary N) is 1. The van der Waals surface area contributed by atoms with Crippen LogP contribution in [0.1, 0.15) is 25.7 Å². The minimum atomic E-state index is -0.714. The highest BCUT2D eigenvalue weighted by Gasteiger charge is 2.22. The van der Waals surface area contributed by atoms with E-state index in [2.05, 4.69) is 5.32 Å². The lowest BCUT2D eigenvalue weighted by Gasteiger charge is -2.29. The molecule has 13 heavy (non-hydrogen) atoms. The van der Waals surface area contributed by atoms with Gasteiger partial charge in [0.2, 0.25) is 0 Å². The van der Waals surface area contributed by atoms with Gasteiger partial charge in [0.05, 0.1) is 18.8 Å². The number of aliphatic hydroxyl groups is 3.